The molecule has 0 radical (unpaired) electrons. The Morgan fingerprint density at radius 2 is 2.47 bits per heavy atom. The molecule has 0 amide bonds. The van der Waals surface area contributed by atoms with Crippen LogP contribution in [0.2, 0.25) is 0 Å². The van der Waals surface area contributed by atoms with Crippen molar-refractivity contribution in [3.63, 3.8) is 0 Å². The predicted octanol–water partition coefficient (Wildman–Crippen LogP) is 0.230. The van der Waals surface area contributed by atoms with E-state index in [-0.39, 0.29) is 18.9 Å². The first-order chi connectivity index (χ1) is 8.36. The average molecular weight is 236 g/mol. The number of aryl methyl sites for hydroxylation is 1. The lowest BCUT2D eigenvalue weighted by molar-refractivity contribution is 0.192. The van der Waals surface area contributed by atoms with Crippen molar-refractivity contribution in [1.82, 2.24) is 15.0 Å². The van der Waals surface area contributed by atoms with E-state index < -0.39 is 0 Å². The molecule has 1 N–H and O–H groups in total. The molecule has 6 heteroatoms. The van der Waals surface area contributed by atoms with Crippen molar-refractivity contribution in [1.29, 1.82) is 5.26 Å². The summed E-state index contributed by atoms with van der Waals surface area (Å²) in [4.78, 5) is 0. The van der Waals surface area contributed by atoms with Gasteiger partial charge in [-0.1, -0.05) is 5.21 Å². The van der Waals surface area contributed by atoms with Crippen molar-refractivity contribution in [3.05, 3.63) is 11.4 Å². The summed E-state index contributed by atoms with van der Waals surface area (Å²) >= 11 is 0. The Morgan fingerprint density at radius 1 is 1.59 bits per heavy atom. The number of nitrogens with zero attached hydrogens (tertiary/aromatic N) is 4. The van der Waals surface area contributed by atoms with Crippen molar-refractivity contribution in [3.8, 4) is 6.07 Å². The van der Waals surface area contributed by atoms with Crippen molar-refractivity contribution in [2.24, 2.45) is 0 Å². The highest BCUT2D eigenvalue weighted by Gasteiger charge is 2.25. The third-order valence-corrected chi connectivity index (χ3v) is 2.94. The summed E-state index contributed by atoms with van der Waals surface area (Å²) < 4.78 is 7.18. The zero-order chi connectivity index (χ0) is 12.1. The Kier molecular flexibility index (Phi) is 4.07. The van der Waals surface area contributed by atoms with Crippen LogP contribution < -0.4 is 0 Å². The first-order valence-electron chi connectivity index (χ1n) is 5.84. The Labute approximate surface area is 99.8 Å². The third-order valence-electron chi connectivity index (χ3n) is 2.94. The van der Waals surface area contributed by atoms with Gasteiger partial charge in [0.25, 0.3) is 0 Å². The Hall–Kier alpha value is -1.45. The number of hydrogen-bond donors (Lipinski definition) is 1. The fraction of sp³-hybridized carbons (Fsp3) is 0.727. The van der Waals surface area contributed by atoms with Crippen LogP contribution in [0.1, 0.15) is 30.1 Å². The van der Waals surface area contributed by atoms with Crippen molar-refractivity contribution in [2.45, 2.75) is 31.7 Å². The first kappa shape index (κ1) is 12.0. The van der Waals surface area contributed by atoms with Gasteiger partial charge in [-0.05, 0) is 12.8 Å². The molecule has 1 saturated heterocycles. The van der Waals surface area contributed by atoms with Gasteiger partial charge in [-0.3, -0.25) is 0 Å². The van der Waals surface area contributed by atoms with Gasteiger partial charge in [-0.15, -0.1) is 5.10 Å². The van der Waals surface area contributed by atoms with Crippen LogP contribution in [-0.2, 0) is 17.7 Å². The monoisotopic (exact) mass is 236 g/mol. The van der Waals surface area contributed by atoms with E-state index in [1.54, 1.807) is 0 Å². The van der Waals surface area contributed by atoms with E-state index in [1.165, 1.54) is 0 Å². The standard InChI is InChI=1S/C11H16N4O2/c12-4-2-10-11(9-3-7-17-8-9)15(14-13-10)5-1-6-16/h9,16H,1-3,5-8H2. The van der Waals surface area contributed by atoms with Crippen LogP contribution in [0, 0.1) is 11.3 Å². The van der Waals surface area contributed by atoms with Gasteiger partial charge in [0, 0.05) is 25.7 Å². The van der Waals surface area contributed by atoms with E-state index in [0.717, 1.165) is 24.4 Å². The maximum atomic E-state index is 8.86. The second-order valence-corrected chi connectivity index (χ2v) is 4.12. The van der Waals surface area contributed by atoms with Gasteiger partial charge in [0.15, 0.2) is 0 Å². The molecule has 1 unspecified atom stereocenters. The summed E-state index contributed by atoms with van der Waals surface area (Å²) in [6.45, 7) is 2.20. The largest absolute Gasteiger partial charge is 0.396 e. The van der Waals surface area contributed by atoms with Gasteiger partial charge < -0.3 is 9.84 Å². The minimum Gasteiger partial charge on any atom is -0.396 e. The molecule has 0 spiro atoms. The van der Waals surface area contributed by atoms with E-state index in [0.29, 0.717) is 19.6 Å². The van der Waals surface area contributed by atoms with E-state index in [1.807, 2.05) is 4.68 Å². The lowest BCUT2D eigenvalue weighted by atomic mass is 10.0. The molecule has 0 bridgehead atoms. The molecule has 1 aromatic heterocycles. The zero-order valence-electron chi connectivity index (χ0n) is 9.67. The van der Waals surface area contributed by atoms with Crippen LogP contribution in [0.4, 0.5) is 0 Å². The van der Waals surface area contributed by atoms with Crippen LogP contribution in [0.25, 0.3) is 0 Å². The molecule has 17 heavy (non-hydrogen) atoms. The molecule has 0 aromatic carbocycles. The average Bonchev–Trinajstić information content (AvgIpc) is 2.95. The number of nitriles is 1. The SMILES string of the molecule is N#CCc1nnn(CCCO)c1C1CCOC1. The summed E-state index contributed by atoms with van der Waals surface area (Å²) in [6.07, 6.45) is 1.88. The minimum absolute atomic E-state index is 0.133. The Balaban J connectivity index is 2.22. The molecule has 1 aliphatic rings. The highest BCUT2D eigenvalue weighted by atomic mass is 16.5. The lowest BCUT2D eigenvalue weighted by Gasteiger charge is -2.11. The molecule has 0 aliphatic carbocycles. The highest BCUT2D eigenvalue weighted by Crippen LogP contribution is 2.27. The minimum atomic E-state index is 0.133. The number of hydrogen-bond acceptors (Lipinski definition) is 5. The van der Waals surface area contributed by atoms with Crippen LogP contribution in [-0.4, -0.2) is 39.9 Å². The third kappa shape index (κ3) is 2.62. The van der Waals surface area contributed by atoms with Crippen molar-refractivity contribution in [2.75, 3.05) is 19.8 Å². The fourth-order valence-corrected chi connectivity index (χ4v) is 2.14. The van der Waals surface area contributed by atoms with E-state index in [4.69, 9.17) is 15.1 Å². The zero-order valence-corrected chi connectivity index (χ0v) is 9.67. The summed E-state index contributed by atoms with van der Waals surface area (Å²) in [6, 6.07) is 2.11. The number of rotatable bonds is 5. The normalized spacial score (nSPS) is 19.4. The number of aromatic nitrogens is 3. The molecule has 1 atom stereocenters. The summed E-state index contributed by atoms with van der Waals surface area (Å²) in [5.41, 5.74) is 1.76. The summed E-state index contributed by atoms with van der Waals surface area (Å²) in [5.74, 6) is 0.284. The van der Waals surface area contributed by atoms with Gasteiger partial charge in [0.05, 0.1) is 24.8 Å². The topological polar surface area (TPSA) is 84.0 Å². The quantitative estimate of drug-likeness (QED) is 0.791. The molecule has 92 valence electrons. The Bertz CT molecular complexity index is 404. The van der Waals surface area contributed by atoms with Crippen LogP contribution in [0.5, 0.6) is 0 Å². The van der Waals surface area contributed by atoms with Gasteiger partial charge in [0.1, 0.15) is 5.69 Å². The van der Waals surface area contributed by atoms with Crippen LogP contribution in [0.3, 0.4) is 0 Å². The summed E-state index contributed by atoms with van der Waals surface area (Å²) in [7, 11) is 0. The number of aliphatic hydroxyl groups excluding tert-OH is 1. The second kappa shape index (κ2) is 5.75. The van der Waals surface area contributed by atoms with Crippen LogP contribution >= 0.6 is 0 Å². The maximum absolute atomic E-state index is 8.86. The van der Waals surface area contributed by atoms with Crippen LogP contribution in [0.15, 0.2) is 0 Å². The van der Waals surface area contributed by atoms with Crippen molar-refractivity contribution < 1.29 is 9.84 Å². The lowest BCUT2D eigenvalue weighted by Crippen LogP contribution is -2.12. The molecule has 1 aromatic rings. The smallest absolute Gasteiger partial charge is 0.100 e. The van der Waals surface area contributed by atoms with Gasteiger partial charge in [-0.2, -0.15) is 5.26 Å². The highest BCUT2D eigenvalue weighted by molar-refractivity contribution is 5.19. The molecule has 0 saturated carbocycles. The molecule has 6 nitrogen and oxygen atoms in total. The predicted molar refractivity (Wildman–Crippen MR) is 59.2 cm³/mol. The molecule has 1 fully saturated rings. The van der Waals surface area contributed by atoms with E-state index in [2.05, 4.69) is 16.4 Å². The molecular formula is C11H16N4O2. The van der Waals surface area contributed by atoms with Gasteiger partial charge >= 0.3 is 0 Å². The fourth-order valence-electron chi connectivity index (χ4n) is 2.14. The summed E-state index contributed by atoms with van der Waals surface area (Å²) in [5, 5.41) is 25.8. The second-order valence-electron chi connectivity index (χ2n) is 4.12. The number of ether oxygens (including phenoxy) is 1. The Morgan fingerprint density at radius 3 is 3.12 bits per heavy atom. The van der Waals surface area contributed by atoms with E-state index >= 15 is 0 Å². The van der Waals surface area contributed by atoms with Crippen molar-refractivity contribution >= 4 is 0 Å². The van der Waals surface area contributed by atoms with Gasteiger partial charge in [0.2, 0.25) is 0 Å². The molecule has 1 aliphatic heterocycles. The molecular weight excluding hydrogens is 220 g/mol. The first-order valence-corrected chi connectivity index (χ1v) is 5.84. The molecule has 2 heterocycles. The number of aliphatic hydroxyl groups is 1. The van der Waals surface area contributed by atoms with Gasteiger partial charge in [-0.25, -0.2) is 4.68 Å². The van der Waals surface area contributed by atoms with E-state index in [9.17, 15) is 0 Å². The molecule has 2 rings (SSSR count). The maximum Gasteiger partial charge on any atom is 0.100 e.